The van der Waals surface area contributed by atoms with Crippen LogP contribution in [-0.4, -0.2) is 41.0 Å². The maximum atomic E-state index is 12.5. The van der Waals surface area contributed by atoms with Crippen LogP contribution in [0.15, 0.2) is 48.7 Å². The number of amides is 1. The molecule has 26 heavy (non-hydrogen) atoms. The van der Waals surface area contributed by atoms with Gasteiger partial charge in [-0.1, -0.05) is 6.07 Å². The van der Waals surface area contributed by atoms with Crippen LogP contribution in [0.2, 0.25) is 0 Å². The summed E-state index contributed by atoms with van der Waals surface area (Å²) in [6.07, 6.45) is 3.63. The number of hydrogen-bond acceptors (Lipinski definition) is 5. The lowest BCUT2D eigenvalue weighted by molar-refractivity contribution is -0.132. The summed E-state index contributed by atoms with van der Waals surface area (Å²) < 4.78 is 5.38. The summed E-state index contributed by atoms with van der Waals surface area (Å²) in [6, 6.07) is 13.7. The third kappa shape index (κ3) is 4.25. The number of hydrogen-bond donors (Lipinski definition) is 0. The molecule has 0 radical (unpaired) electrons. The summed E-state index contributed by atoms with van der Waals surface area (Å²) >= 11 is 0. The highest BCUT2D eigenvalue weighted by molar-refractivity contribution is 5.89. The predicted octanol–water partition coefficient (Wildman–Crippen LogP) is 2.34. The van der Waals surface area contributed by atoms with E-state index >= 15 is 0 Å². The largest absolute Gasteiger partial charge is 0.460 e. The van der Waals surface area contributed by atoms with Gasteiger partial charge in [0.1, 0.15) is 6.61 Å². The zero-order valence-corrected chi connectivity index (χ0v) is 14.3. The first-order valence-corrected chi connectivity index (χ1v) is 8.54. The van der Waals surface area contributed by atoms with Crippen LogP contribution in [0, 0.1) is 11.3 Å². The van der Waals surface area contributed by atoms with Crippen LogP contribution in [0.25, 0.3) is 0 Å². The topological polar surface area (TPSA) is 83.3 Å². The minimum atomic E-state index is -0.446. The number of benzene rings is 1. The molecule has 1 aromatic heterocycles. The Morgan fingerprint density at radius 3 is 2.73 bits per heavy atom. The van der Waals surface area contributed by atoms with Crippen molar-refractivity contribution in [1.82, 2.24) is 9.88 Å². The zero-order valence-electron chi connectivity index (χ0n) is 14.3. The fourth-order valence-corrected chi connectivity index (χ4v) is 3.03. The predicted molar refractivity (Wildman–Crippen MR) is 94.1 cm³/mol. The highest BCUT2D eigenvalue weighted by atomic mass is 16.5. The van der Waals surface area contributed by atoms with Crippen molar-refractivity contribution in [2.75, 3.05) is 13.2 Å². The van der Waals surface area contributed by atoms with Gasteiger partial charge in [0.05, 0.1) is 29.7 Å². The van der Waals surface area contributed by atoms with Gasteiger partial charge < -0.3 is 9.64 Å². The molecule has 1 saturated heterocycles. The molecule has 3 rings (SSSR count). The van der Waals surface area contributed by atoms with Crippen molar-refractivity contribution >= 4 is 11.9 Å². The van der Waals surface area contributed by atoms with Gasteiger partial charge in [-0.15, -0.1) is 0 Å². The van der Waals surface area contributed by atoms with Gasteiger partial charge in [0.2, 0.25) is 5.91 Å². The fourth-order valence-electron chi connectivity index (χ4n) is 3.03. The van der Waals surface area contributed by atoms with Gasteiger partial charge in [-0.05, 0) is 49.2 Å². The van der Waals surface area contributed by atoms with Gasteiger partial charge in [-0.2, -0.15) is 5.26 Å². The molecular weight excluding hydrogens is 330 g/mol. The molecule has 0 saturated carbocycles. The number of likely N-dealkylation sites (tertiary alicyclic amines) is 1. The van der Waals surface area contributed by atoms with Crippen molar-refractivity contribution in [1.29, 1.82) is 5.26 Å². The maximum absolute atomic E-state index is 12.5. The Bertz CT molecular complexity index is 812. The van der Waals surface area contributed by atoms with Crippen molar-refractivity contribution in [3.8, 4) is 6.07 Å². The molecule has 0 spiro atoms. The minimum absolute atomic E-state index is 0.000576. The van der Waals surface area contributed by atoms with E-state index in [9.17, 15) is 9.59 Å². The smallest absolute Gasteiger partial charge is 0.338 e. The van der Waals surface area contributed by atoms with E-state index in [-0.39, 0.29) is 25.0 Å². The van der Waals surface area contributed by atoms with Crippen molar-refractivity contribution in [3.63, 3.8) is 0 Å². The van der Waals surface area contributed by atoms with Crippen molar-refractivity contribution in [3.05, 3.63) is 65.5 Å². The van der Waals surface area contributed by atoms with E-state index < -0.39 is 5.97 Å². The van der Waals surface area contributed by atoms with E-state index in [0.29, 0.717) is 17.7 Å². The second-order valence-corrected chi connectivity index (χ2v) is 6.17. The molecule has 1 aliphatic heterocycles. The number of aromatic nitrogens is 1. The average Bonchev–Trinajstić information content (AvgIpc) is 3.16. The number of pyridine rings is 1. The van der Waals surface area contributed by atoms with E-state index in [0.717, 1.165) is 18.5 Å². The molecule has 132 valence electrons. The molecule has 1 amide bonds. The van der Waals surface area contributed by atoms with Crippen LogP contribution in [-0.2, 0) is 16.0 Å². The quantitative estimate of drug-likeness (QED) is 0.774. The molecule has 0 aliphatic carbocycles. The van der Waals surface area contributed by atoms with Crippen LogP contribution in [0.3, 0.4) is 0 Å². The molecule has 1 fully saturated rings. The summed E-state index contributed by atoms with van der Waals surface area (Å²) in [7, 11) is 0. The lowest BCUT2D eigenvalue weighted by Crippen LogP contribution is -2.39. The SMILES string of the molecule is N#Cc1ccc(C(=O)OC[C@@H]2CCCN2C(=O)Cc2ccccn2)cc1. The Kier molecular flexibility index (Phi) is 5.59. The third-order valence-electron chi connectivity index (χ3n) is 4.41. The number of esters is 1. The van der Waals surface area contributed by atoms with Crippen LogP contribution >= 0.6 is 0 Å². The van der Waals surface area contributed by atoms with Crippen molar-refractivity contribution in [2.45, 2.75) is 25.3 Å². The average molecular weight is 349 g/mol. The monoisotopic (exact) mass is 349 g/mol. The summed E-state index contributed by atoms with van der Waals surface area (Å²) in [5, 5.41) is 8.79. The second-order valence-electron chi connectivity index (χ2n) is 6.17. The van der Waals surface area contributed by atoms with Gasteiger partial charge in [-0.25, -0.2) is 4.79 Å². The van der Waals surface area contributed by atoms with E-state index in [1.807, 2.05) is 24.3 Å². The van der Waals surface area contributed by atoms with Gasteiger partial charge in [0.15, 0.2) is 0 Å². The molecule has 1 atom stereocenters. The fraction of sp³-hybridized carbons (Fsp3) is 0.300. The van der Waals surface area contributed by atoms with Crippen molar-refractivity contribution < 1.29 is 14.3 Å². The highest BCUT2D eigenvalue weighted by Crippen LogP contribution is 2.19. The minimum Gasteiger partial charge on any atom is -0.460 e. The molecule has 1 aliphatic rings. The Labute approximate surface area is 152 Å². The zero-order chi connectivity index (χ0) is 18.4. The van der Waals surface area contributed by atoms with Crippen LogP contribution in [0.5, 0.6) is 0 Å². The molecule has 1 aromatic carbocycles. The second kappa shape index (κ2) is 8.26. The summed E-state index contributed by atoms with van der Waals surface area (Å²) in [4.78, 5) is 30.6. The van der Waals surface area contributed by atoms with E-state index in [2.05, 4.69) is 4.98 Å². The summed E-state index contributed by atoms with van der Waals surface area (Å²) in [6.45, 7) is 0.845. The standard InChI is InChI=1S/C20H19N3O3/c21-13-15-6-8-16(9-7-15)20(25)26-14-18-5-3-11-23(18)19(24)12-17-4-1-2-10-22-17/h1-2,4,6-10,18H,3,5,11-12,14H2/t18-/m0/s1. The van der Waals surface area contributed by atoms with E-state index in [4.69, 9.17) is 10.00 Å². The number of carbonyl (C=O) groups is 2. The molecular formula is C20H19N3O3. The van der Waals surface area contributed by atoms with Gasteiger partial charge in [0, 0.05) is 18.4 Å². The van der Waals surface area contributed by atoms with Crippen LogP contribution in [0.1, 0.15) is 34.5 Å². The Morgan fingerprint density at radius 1 is 1.23 bits per heavy atom. The first-order chi connectivity index (χ1) is 12.7. The van der Waals surface area contributed by atoms with Gasteiger partial charge in [-0.3, -0.25) is 9.78 Å². The number of nitrogens with zero attached hydrogens (tertiary/aromatic N) is 3. The molecule has 6 heteroatoms. The third-order valence-corrected chi connectivity index (χ3v) is 4.41. The van der Waals surface area contributed by atoms with Gasteiger partial charge in [0.25, 0.3) is 0 Å². The molecule has 0 unspecified atom stereocenters. The number of rotatable bonds is 5. The van der Waals surface area contributed by atoms with Crippen LogP contribution in [0.4, 0.5) is 0 Å². The summed E-state index contributed by atoms with van der Waals surface area (Å²) in [5.74, 6) is -0.445. The Hall–Kier alpha value is -3.20. The van der Waals surface area contributed by atoms with Gasteiger partial charge >= 0.3 is 5.97 Å². The first kappa shape index (κ1) is 17.6. The number of nitriles is 1. The van der Waals surface area contributed by atoms with E-state index in [1.165, 1.54) is 0 Å². The molecule has 2 heterocycles. The lowest BCUT2D eigenvalue weighted by atomic mass is 10.1. The molecule has 2 aromatic rings. The normalized spacial score (nSPS) is 16.1. The Morgan fingerprint density at radius 2 is 2.04 bits per heavy atom. The van der Waals surface area contributed by atoms with E-state index in [1.54, 1.807) is 35.4 Å². The highest BCUT2D eigenvalue weighted by Gasteiger charge is 2.29. The van der Waals surface area contributed by atoms with Crippen molar-refractivity contribution in [2.24, 2.45) is 0 Å². The molecule has 0 bridgehead atoms. The lowest BCUT2D eigenvalue weighted by Gasteiger charge is -2.24. The summed E-state index contributed by atoms with van der Waals surface area (Å²) in [5.41, 5.74) is 1.62. The Balaban J connectivity index is 1.55. The van der Waals surface area contributed by atoms with Crippen LogP contribution < -0.4 is 0 Å². The molecule has 6 nitrogen and oxygen atoms in total. The number of ether oxygens (including phenoxy) is 1. The number of carbonyl (C=O) groups excluding carboxylic acids is 2. The molecule has 0 N–H and O–H groups in total. The maximum Gasteiger partial charge on any atom is 0.338 e. The first-order valence-electron chi connectivity index (χ1n) is 8.54.